The first-order valence-corrected chi connectivity index (χ1v) is 6.89. The second-order valence-electron chi connectivity index (χ2n) is 5.00. The van der Waals surface area contributed by atoms with Crippen LogP contribution in [-0.4, -0.2) is 24.9 Å². The van der Waals surface area contributed by atoms with Crippen molar-refractivity contribution in [3.05, 3.63) is 41.1 Å². The van der Waals surface area contributed by atoms with Gasteiger partial charge in [-0.15, -0.1) is 0 Å². The first kappa shape index (κ1) is 14.4. The molecule has 2 N–H and O–H groups in total. The zero-order valence-corrected chi connectivity index (χ0v) is 11.7. The minimum absolute atomic E-state index is 0.0498. The lowest BCUT2D eigenvalue weighted by molar-refractivity contribution is 0.248. The third-order valence-corrected chi connectivity index (χ3v) is 3.59. The minimum Gasteiger partial charge on any atom is -0.497 e. The molecule has 0 aliphatic heterocycles. The highest BCUT2D eigenvalue weighted by atomic mass is 16.5. The molecular formula is C16H20N2O2. The third kappa shape index (κ3) is 3.52. The number of allylic oxidation sites excluding steroid dienone is 2. The van der Waals surface area contributed by atoms with Crippen LogP contribution in [0.5, 0.6) is 5.75 Å². The van der Waals surface area contributed by atoms with Crippen LogP contribution in [-0.2, 0) is 6.42 Å². The van der Waals surface area contributed by atoms with E-state index in [-0.39, 0.29) is 12.6 Å². The maximum Gasteiger partial charge on any atom is 0.118 e. The van der Waals surface area contributed by atoms with Crippen LogP contribution in [0.15, 0.2) is 35.5 Å². The lowest BCUT2D eigenvalue weighted by Gasteiger charge is -2.19. The van der Waals surface area contributed by atoms with Gasteiger partial charge in [0.25, 0.3) is 0 Å². The number of hydrogen-bond donors (Lipinski definition) is 2. The molecule has 1 aliphatic rings. The average Bonchev–Trinajstić information content (AvgIpc) is 2.94. The van der Waals surface area contributed by atoms with Crippen molar-refractivity contribution in [1.82, 2.24) is 5.32 Å². The standard InChI is InChI=1S/C16H20N2O2/c1-20-15-7-5-12(6-8-15)9-14(11-19)18-16-4-2-3-13(16)10-17/h5-8,14,18-19H,2-4,9,11H2,1H3/t14-/m1/s1. The maximum absolute atomic E-state index is 9.51. The Morgan fingerprint density at radius 3 is 2.70 bits per heavy atom. The molecule has 4 nitrogen and oxygen atoms in total. The van der Waals surface area contributed by atoms with Crippen molar-refractivity contribution in [2.75, 3.05) is 13.7 Å². The van der Waals surface area contributed by atoms with E-state index in [1.807, 2.05) is 24.3 Å². The fraction of sp³-hybridized carbons (Fsp3) is 0.438. The Morgan fingerprint density at radius 1 is 1.35 bits per heavy atom. The fourth-order valence-electron chi connectivity index (χ4n) is 2.48. The van der Waals surface area contributed by atoms with Gasteiger partial charge in [-0.2, -0.15) is 5.26 Å². The first-order valence-electron chi connectivity index (χ1n) is 6.89. The number of nitrogens with one attached hydrogen (secondary N) is 1. The Kier molecular flexibility index (Phi) is 5.03. The lowest BCUT2D eigenvalue weighted by atomic mass is 10.1. The number of methoxy groups -OCH3 is 1. The summed E-state index contributed by atoms with van der Waals surface area (Å²) in [4.78, 5) is 0. The van der Waals surface area contributed by atoms with Gasteiger partial charge in [-0.05, 0) is 43.4 Å². The van der Waals surface area contributed by atoms with Crippen LogP contribution < -0.4 is 10.1 Å². The summed E-state index contributed by atoms with van der Waals surface area (Å²) in [7, 11) is 1.64. The van der Waals surface area contributed by atoms with Crippen molar-refractivity contribution in [3.63, 3.8) is 0 Å². The van der Waals surface area contributed by atoms with Crippen LogP contribution in [0, 0.1) is 11.3 Å². The van der Waals surface area contributed by atoms with Crippen molar-refractivity contribution >= 4 is 0 Å². The van der Waals surface area contributed by atoms with E-state index in [2.05, 4.69) is 11.4 Å². The van der Waals surface area contributed by atoms with Crippen LogP contribution in [0.4, 0.5) is 0 Å². The SMILES string of the molecule is COc1ccc(C[C@H](CO)NC2=C(C#N)CCC2)cc1. The molecule has 4 heteroatoms. The van der Waals surface area contributed by atoms with Crippen LogP contribution in [0.2, 0.25) is 0 Å². The molecule has 0 saturated carbocycles. The number of nitriles is 1. The molecule has 1 aromatic carbocycles. The first-order chi connectivity index (χ1) is 9.76. The zero-order chi connectivity index (χ0) is 14.4. The quantitative estimate of drug-likeness (QED) is 0.833. The highest BCUT2D eigenvalue weighted by Crippen LogP contribution is 2.24. The number of aliphatic hydroxyl groups excluding tert-OH is 1. The molecule has 0 aromatic heterocycles. The predicted octanol–water partition coefficient (Wildman–Crippen LogP) is 2.15. The summed E-state index contributed by atoms with van der Waals surface area (Å²) in [6.45, 7) is 0.0498. The normalized spacial score (nSPS) is 15.8. The van der Waals surface area contributed by atoms with Crippen molar-refractivity contribution in [3.8, 4) is 11.8 Å². The van der Waals surface area contributed by atoms with E-state index in [1.165, 1.54) is 0 Å². The van der Waals surface area contributed by atoms with E-state index in [1.54, 1.807) is 7.11 Å². The Bertz CT molecular complexity index is 514. The van der Waals surface area contributed by atoms with Crippen LogP contribution in [0.3, 0.4) is 0 Å². The Hall–Kier alpha value is -1.99. The maximum atomic E-state index is 9.51. The lowest BCUT2D eigenvalue weighted by Crippen LogP contribution is -2.33. The Balaban J connectivity index is 2.00. The minimum atomic E-state index is -0.0557. The summed E-state index contributed by atoms with van der Waals surface area (Å²) >= 11 is 0. The molecule has 0 bridgehead atoms. The smallest absolute Gasteiger partial charge is 0.118 e. The van der Waals surface area contributed by atoms with E-state index in [0.29, 0.717) is 0 Å². The van der Waals surface area contributed by atoms with E-state index >= 15 is 0 Å². The molecule has 2 rings (SSSR count). The van der Waals surface area contributed by atoms with Gasteiger partial charge in [-0.3, -0.25) is 0 Å². The second-order valence-corrected chi connectivity index (χ2v) is 5.00. The molecule has 0 radical (unpaired) electrons. The summed E-state index contributed by atoms with van der Waals surface area (Å²) in [5, 5.41) is 21.9. The molecule has 0 fully saturated rings. The van der Waals surface area contributed by atoms with Gasteiger partial charge in [0.1, 0.15) is 5.75 Å². The Morgan fingerprint density at radius 2 is 2.10 bits per heavy atom. The number of aliphatic hydroxyl groups is 1. The highest BCUT2D eigenvalue weighted by molar-refractivity contribution is 5.31. The van der Waals surface area contributed by atoms with Crippen LogP contribution in [0.1, 0.15) is 24.8 Å². The van der Waals surface area contributed by atoms with Gasteiger partial charge in [-0.1, -0.05) is 12.1 Å². The number of ether oxygens (including phenoxy) is 1. The van der Waals surface area contributed by atoms with E-state index in [0.717, 1.165) is 48.3 Å². The predicted molar refractivity (Wildman–Crippen MR) is 77.2 cm³/mol. The van der Waals surface area contributed by atoms with E-state index < -0.39 is 0 Å². The van der Waals surface area contributed by atoms with Gasteiger partial charge in [0.15, 0.2) is 0 Å². The molecule has 0 spiro atoms. The molecule has 0 amide bonds. The van der Waals surface area contributed by atoms with Gasteiger partial charge in [0.2, 0.25) is 0 Å². The molecule has 0 unspecified atom stereocenters. The Labute approximate surface area is 119 Å². The molecule has 20 heavy (non-hydrogen) atoms. The largest absolute Gasteiger partial charge is 0.497 e. The van der Waals surface area contributed by atoms with Crippen molar-refractivity contribution in [2.45, 2.75) is 31.7 Å². The van der Waals surface area contributed by atoms with Crippen LogP contribution >= 0.6 is 0 Å². The van der Waals surface area contributed by atoms with Crippen molar-refractivity contribution < 1.29 is 9.84 Å². The summed E-state index contributed by atoms with van der Waals surface area (Å²) in [5.41, 5.74) is 2.97. The van der Waals surface area contributed by atoms with Gasteiger partial charge >= 0.3 is 0 Å². The van der Waals surface area contributed by atoms with E-state index in [4.69, 9.17) is 10.00 Å². The van der Waals surface area contributed by atoms with Gasteiger partial charge in [0, 0.05) is 11.3 Å². The molecule has 106 valence electrons. The molecule has 1 aromatic rings. The van der Waals surface area contributed by atoms with Crippen LogP contribution in [0.25, 0.3) is 0 Å². The summed E-state index contributed by atoms with van der Waals surface area (Å²) in [5.74, 6) is 0.826. The molecule has 0 saturated heterocycles. The van der Waals surface area contributed by atoms with E-state index in [9.17, 15) is 5.11 Å². The second kappa shape index (κ2) is 6.97. The number of hydrogen-bond acceptors (Lipinski definition) is 4. The number of benzene rings is 1. The monoisotopic (exact) mass is 272 g/mol. The topological polar surface area (TPSA) is 65.3 Å². The number of rotatable bonds is 6. The highest BCUT2D eigenvalue weighted by Gasteiger charge is 2.17. The van der Waals surface area contributed by atoms with Crippen molar-refractivity contribution in [1.29, 1.82) is 5.26 Å². The summed E-state index contributed by atoms with van der Waals surface area (Å²) < 4.78 is 5.13. The average molecular weight is 272 g/mol. The number of nitrogens with zero attached hydrogens (tertiary/aromatic N) is 1. The summed E-state index contributed by atoms with van der Waals surface area (Å²) in [6.07, 6.45) is 3.50. The van der Waals surface area contributed by atoms with Gasteiger partial charge in [0.05, 0.1) is 25.8 Å². The molecule has 1 aliphatic carbocycles. The fourth-order valence-corrected chi connectivity index (χ4v) is 2.48. The summed E-state index contributed by atoms with van der Waals surface area (Å²) in [6, 6.07) is 10.0. The zero-order valence-electron chi connectivity index (χ0n) is 11.7. The molecule has 1 atom stereocenters. The molecule has 0 heterocycles. The molecular weight excluding hydrogens is 252 g/mol. The van der Waals surface area contributed by atoms with Gasteiger partial charge < -0.3 is 15.2 Å². The third-order valence-electron chi connectivity index (χ3n) is 3.59. The van der Waals surface area contributed by atoms with Gasteiger partial charge in [-0.25, -0.2) is 0 Å². The van der Waals surface area contributed by atoms with Crippen molar-refractivity contribution in [2.24, 2.45) is 0 Å².